The third-order valence-corrected chi connectivity index (χ3v) is 5.40. The molecule has 6 heteroatoms. The Hall–Kier alpha value is -3.92. The molecule has 0 radical (unpaired) electrons. The molecule has 0 aliphatic rings. The molecule has 3 rings (SSSR count). The van der Waals surface area contributed by atoms with E-state index in [0.29, 0.717) is 35.0 Å². The molecule has 0 fully saturated rings. The zero-order chi connectivity index (χ0) is 22.8. The van der Waals surface area contributed by atoms with Crippen LogP contribution in [0.15, 0.2) is 61.2 Å². The van der Waals surface area contributed by atoms with Crippen molar-refractivity contribution in [1.29, 1.82) is 10.5 Å². The minimum absolute atomic E-state index is 0.137. The SMILES string of the molecule is CC[n+]1ccc(/C=C/c2cc(C#N)c(/C=C/c3cc[n+](CCP=O)cc3)cc2C#N)cc1. The highest BCUT2D eigenvalue weighted by Crippen LogP contribution is 2.21. The van der Waals surface area contributed by atoms with Gasteiger partial charge in [0.2, 0.25) is 0 Å². The number of benzene rings is 1. The van der Waals surface area contributed by atoms with Crippen LogP contribution >= 0.6 is 8.46 Å². The van der Waals surface area contributed by atoms with Crippen LogP contribution in [0.2, 0.25) is 0 Å². The van der Waals surface area contributed by atoms with Crippen molar-refractivity contribution in [1.82, 2.24) is 0 Å². The molecule has 0 N–H and O–H groups in total. The van der Waals surface area contributed by atoms with Gasteiger partial charge in [-0.25, -0.2) is 9.13 Å². The van der Waals surface area contributed by atoms with Crippen molar-refractivity contribution in [3.8, 4) is 12.1 Å². The van der Waals surface area contributed by atoms with Crippen LogP contribution in [0.4, 0.5) is 0 Å². The van der Waals surface area contributed by atoms with Crippen LogP contribution < -0.4 is 9.13 Å². The number of aryl methyl sites for hydroxylation is 2. The van der Waals surface area contributed by atoms with Crippen LogP contribution in [-0.4, -0.2) is 6.16 Å². The first kappa shape index (κ1) is 22.8. The number of nitrogens with zero attached hydrogens (tertiary/aromatic N) is 4. The van der Waals surface area contributed by atoms with Crippen LogP contribution in [0.5, 0.6) is 0 Å². The van der Waals surface area contributed by atoms with Crippen LogP contribution in [0.1, 0.15) is 40.3 Å². The summed E-state index contributed by atoms with van der Waals surface area (Å²) in [4.78, 5) is 0. The fourth-order valence-electron chi connectivity index (χ4n) is 3.15. The van der Waals surface area contributed by atoms with E-state index in [1.807, 2.05) is 77.9 Å². The van der Waals surface area contributed by atoms with Crippen molar-refractivity contribution in [3.05, 3.63) is 94.6 Å². The van der Waals surface area contributed by atoms with Crippen LogP contribution in [0.25, 0.3) is 24.3 Å². The first-order chi connectivity index (χ1) is 15.7. The molecule has 0 saturated heterocycles. The molecule has 3 aromatic rings. The summed E-state index contributed by atoms with van der Waals surface area (Å²) >= 11 is 0. The molecular formula is C26H23N4OP+2. The van der Waals surface area contributed by atoms with Gasteiger partial charge < -0.3 is 0 Å². The van der Waals surface area contributed by atoms with Crippen molar-refractivity contribution in [2.24, 2.45) is 0 Å². The Kier molecular flexibility index (Phi) is 8.15. The Labute approximate surface area is 190 Å². The number of hydrogen-bond acceptors (Lipinski definition) is 3. The highest BCUT2D eigenvalue weighted by molar-refractivity contribution is 7.23. The standard InChI is InChI=1S/C26H23N4OP/c1-2-29-11-7-21(8-12-29)3-5-23-17-26(20-28)24(18-25(23)19-27)6-4-22-9-13-30(14-10-22)15-16-32-31/h3-14,17-18H,2,15-16H2,1H3/q+2/b5-3+,6-4+. The average Bonchev–Trinajstić information content (AvgIpc) is 2.85. The molecule has 2 heterocycles. The van der Waals surface area contributed by atoms with Gasteiger partial charge in [-0.1, -0.05) is 24.3 Å². The number of aromatic nitrogens is 2. The topological polar surface area (TPSA) is 72.4 Å². The summed E-state index contributed by atoms with van der Waals surface area (Å²) in [6.45, 7) is 3.68. The normalized spacial score (nSPS) is 11.1. The molecule has 0 aliphatic carbocycles. The maximum absolute atomic E-state index is 10.6. The third-order valence-electron chi connectivity index (χ3n) is 5.02. The molecule has 32 heavy (non-hydrogen) atoms. The van der Waals surface area contributed by atoms with Crippen LogP contribution in [0, 0.1) is 22.7 Å². The van der Waals surface area contributed by atoms with Gasteiger partial charge in [-0.2, -0.15) is 10.5 Å². The number of nitriles is 2. The number of hydrogen-bond donors (Lipinski definition) is 0. The molecular weight excluding hydrogens is 415 g/mol. The minimum atomic E-state index is 0.137. The highest BCUT2D eigenvalue weighted by atomic mass is 31.1. The minimum Gasteiger partial charge on any atom is -0.275 e. The largest absolute Gasteiger partial charge is 0.275 e. The highest BCUT2D eigenvalue weighted by Gasteiger charge is 2.07. The first-order valence-electron chi connectivity index (χ1n) is 10.3. The van der Waals surface area contributed by atoms with E-state index in [-0.39, 0.29) is 8.46 Å². The Bertz CT molecular complexity index is 1230. The fourth-order valence-corrected chi connectivity index (χ4v) is 3.46. The molecule has 5 nitrogen and oxygen atoms in total. The first-order valence-corrected chi connectivity index (χ1v) is 11.3. The summed E-state index contributed by atoms with van der Waals surface area (Å²) in [5.74, 6) is 0. The van der Waals surface area contributed by atoms with Gasteiger partial charge in [-0.05, 0) is 41.3 Å². The second-order valence-electron chi connectivity index (χ2n) is 7.10. The van der Waals surface area contributed by atoms with Crippen molar-refractivity contribution in [2.75, 3.05) is 6.16 Å². The molecule has 0 bridgehead atoms. The molecule has 156 valence electrons. The summed E-state index contributed by atoms with van der Waals surface area (Å²) < 4.78 is 14.6. The van der Waals surface area contributed by atoms with Crippen molar-refractivity contribution < 1.29 is 13.7 Å². The summed E-state index contributed by atoms with van der Waals surface area (Å²) in [7, 11) is 0.137. The second kappa shape index (κ2) is 11.5. The van der Waals surface area contributed by atoms with Crippen molar-refractivity contribution in [2.45, 2.75) is 20.0 Å². The molecule has 0 atom stereocenters. The van der Waals surface area contributed by atoms with Gasteiger partial charge in [0, 0.05) is 24.3 Å². The Morgan fingerprint density at radius 1 is 0.812 bits per heavy atom. The van der Waals surface area contributed by atoms with E-state index < -0.39 is 0 Å². The molecule has 0 unspecified atom stereocenters. The van der Waals surface area contributed by atoms with Gasteiger partial charge >= 0.3 is 0 Å². The van der Waals surface area contributed by atoms with Crippen molar-refractivity contribution in [3.63, 3.8) is 0 Å². The number of rotatable bonds is 8. The maximum Gasteiger partial charge on any atom is 0.169 e. The van der Waals surface area contributed by atoms with Crippen molar-refractivity contribution >= 4 is 32.8 Å². The lowest BCUT2D eigenvalue weighted by molar-refractivity contribution is -0.693. The summed E-state index contributed by atoms with van der Waals surface area (Å²) in [5.41, 5.74) is 4.44. The summed E-state index contributed by atoms with van der Waals surface area (Å²) in [6.07, 6.45) is 16.0. The third kappa shape index (κ3) is 6.05. The van der Waals surface area contributed by atoms with E-state index in [9.17, 15) is 15.1 Å². The molecule has 0 saturated carbocycles. The van der Waals surface area contributed by atoms with E-state index in [2.05, 4.69) is 23.6 Å². The van der Waals surface area contributed by atoms with Gasteiger partial charge in [-0.3, -0.25) is 4.57 Å². The van der Waals surface area contributed by atoms with Gasteiger partial charge in [-0.15, -0.1) is 0 Å². The summed E-state index contributed by atoms with van der Waals surface area (Å²) in [6, 6.07) is 15.9. The fraction of sp³-hybridized carbons (Fsp3) is 0.154. The zero-order valence-electron chi connectivity index (χ0n) is 17.8. The maximum atomic E-state index is 10.6. The molecule has 0 aliphatic heterocycles. The van der Waals surface area contributed by atoms with E-state index in [0.717, 1.165) is 17.7 Å². The van der Waals surface area contributed by atoms with Crippen LogP contribution in [0.3, 0.4) is 0 Å². The van der Waals surface area contributed by atoms with Gasteiger partial charge in [0.05, 0.1) is 29.4 Å². The van der Waals surface area contributed by atoms with E-state index in [1.54, 1.807) is 12.1 Å². The monoisotopic (exact) mass is 438 g/mol. The lowest BCUT2D eigenvalue weighted by atomic mass is 9.98. The predicted octanol–water partition coefficient (Wildman–Crippen LogP) is 4.66. The summed E-state index contributed by atoms with van der Waals surface area (Å²) in [5, 5.41) is 19.3. The Morgan fingerprint density at radius 3 is 1.69 bits per heavy atom. The zero-order valence-corrected chi connectivity index (χ0v) is 18.7. The van der Waals surface area contributed by atoms with Gasteiger partial charge in [0.15, 0.2) is 39.8 Å². The number of pyridine rings is 2. The predicted molar refractivity (Wildman–Crippen MR) is 125 cm³/mol. The smallest absolute Gasteiger partial charge is 0.169 e. The van der Waals surface area contributed by atoms with Crippen LogP contribution in [-0.2, 0) is 17.7 Å². The Balaban J connectivity index is 1.84. The van der Waals surface area contributed by atoms with E-state index in [1.165, 1.54) is 0 Å². The second-order valence-corrected chi connectivity index (χ2v) is 7.81. The van der Waals surface area contributed by atoms with Gasteiger partial charge in [0.1, 0.15) is 6.54 Å². The molecule has 0 amide bonds. The lowest BCUT2D eigenvalue weighted by Crippen LogP contribution is -2.33. The molecule has 0 spiro atoms. The molecule has 1 aromatic carbocycles. The average molecular weight is 438 g/mol. The Morgan fingerprint density at radius 2 is 1.28 bits per heavy atom. The van der Waals surface area contributed by atoms with Gasteiger partial charge in [0.25, 0.3) is 0 Å². The molecule has 2 aromatic heterocycles. The van der Waals surface area contributed by atoms with E-state index in [4.69, 9.17) is 0 Å². The lowest BCUT2D eigenvalue weighted by Gasteiger charge is -2.04. The van der Waals surface area contributed by atoms with E-state index >= 15 is 0 Å². The quantitative estimate of drug-likeness (QED) is 0.379.